The molecule has 2 aliphatic heterocycles. The molecule has 0 bridgehead atoms. The van der Waals surface area contributed by atoms with Gasteiger partial charge in [-0.2, -0.15) is 0 Å². The Hall–Kier alpha value is -1.34. The summed E-state index contributed by atoms with van der Waals surface area (Å²) in [4.78, 5) is 0. The molecule has 0 spiro atoms. The summed E-state index contributed by atoms with van der Waals surface area (Å²) >= 11 is 0. The average molecular weight is 478 g/mol. The fraction of sp³-hybridized carbons (Fsp3) is 0.455. The van der Waals surface area contributed by atoms with Gasteiger partial charge in [-0.25, -0.2) is 19.5 Å². The summed E-state index contributed by atoms with van der Waals surface area (Å²) in [7, 11) is -2.82. The molecule has 8 nitrogen and oxygen atoms in total. The molecule has 4 rings (SSSR count). The van der Waals surface area contributed by atoms with Crippen molar-refractivity contribution in [2.75, 3.05) is 27.2 Å². The van der Waals surface area contributed by atoms with Crippen LogP contribution in [0.4, 0.5) is 0 Å². The largest absolute Gasteiger partial charge is 0.344 e. The Labute approximate surface area is 190 Å². The molecule has 2 N–H and O–H groups in total. The molecule has 174 valence electrons. The van der Waals surface area contributed by atoms with Gasteiger partial charge in [0.1, 0.15) is 12.2 Å². The smallest absolute Gasteiger partial charge is 0.296 e. The van der Waals surface area contributed by atoms with Gasteiger partial charge in [0.15, 0.2) is 0 Å². The molecule has 2 aromatic rings. The molecule has 2 saturated heterocycles. The second kappa shape index (κ2) is 9.49. The van der Waals surface area contributed by atoms with E-state index in [-0.39, 0.29) is 24.3 Å². The summed E-state index contributed by atoms with van der Waals surface area (Å²) in [6, 6.07) is 19.5. The zero-order valence-corrected chi connectivity index (χ0v) is 20.7. The van der Waals surface area contributed by atoms with E-state index in [4.69, 9.17) is 9.05 Å². The summed E-state index contributed by atoms with van der Waals surface area (Å²) in [6.45, 7) is 4.65. The number of nitrogens with one attached hydrogen (secondary N) is 2. The van der Waals surface area contributed by atoms with Gasteiger partial charge >= 0.3 is 15.3 Å². The van der Waals surface area contributed by atoms with Crippen molar-refractivity contribution in [3.05, 3.63) is 71.8 Å². The Balaban J connectivity index is 1.35. The zero-order valence-electron chi connectivity index (χ0n) is 18.9. The van der Waals surface area contributed by atoms with E-state index in [9.17, 15) is 9.13 Å². The summed E-state index contributed by atoms with van der Waals surface area (Å²) < 4.78 is 42.4. The van der Waals surface area contributed by atoms with Gasteiger partial charge in [-0.15, -0.1) is 0 Å². The highest BCUT2D eigenvalue weighted by atomic mass is 31.2. The Morgan fingerprint density at radius 1 is 0.719 bits per heavy atom. The lowest BCUT2D eigenvalue weighted by molar-refractivity contribution is 0.207. The highest BCUT2D eigenvalue weighted by Crippen LogP contribution is 2.60. The van der Waals surface area contributed by atoms with Crippen molar-refractivity contribution >= 4 is 15.3 Å². The van der Waals surface area contributed by atoms with E-state index in [1.807, 2.05) is 74.5 Å². The maximum absolute atomic E-state index is 13.4. The van der Waals surface area contributed by atoms with Gasteiger partial charge < -0.3 is 0 Å². The second-order valence-electron chi connectivity index (χ2n) is 8.36. The summed E-state index contributed by atoms with van der Waals surface area (Å²) in [5.41, 5.74) is 1.99. The topological polar surface area (TPSA) is 83.1 Å². The van der Waals surface area contributed by atoms with Crippen LogP contribution in [0, 0.1) is 0 Å². The molecule has 2 aromatic carbocycles. The number of nitrogens with zero attached hydrogens (tertiary/aromatic N) is 2. The highest BCUT2D eigenvalue weighted by Gasteiger charge is 2.48. The molecule has 2 aliphatic rings. The average Bonchev–Trinajstić information content (AvgIpc) is 3.18. The minimum atomic E-state index is -3.21. The molecule has 2 fully saturated rings. The van der Waals surface area contributed by atoms with Crippen LogP contribution in [-0.4, -0.2) is 48.6 Å². The van der Waals surface area contributed by atoms with Crippen LogP contribution in [0.5, 0.6) is 0 Å². The van der Waals surface area contributed by atoms with Gasteiger partial charge in [-0.05, 0) is 39.1 Å². The Morgan fingerprint density at radius 2 is 1.06 bits per heavy atom. The van der Waals surface area contributed by atoms with Crippen LogP contribution >= 0.6 is 15.3 Å². The van der Waals surface area contributed by atoms with E-state index in [2.05, 4.69) is 10.2 Å². The van der Waals surface area contributed by atoms with Crippen molar-refractivity contribution in [1.29, 1.82) is 0 Å². The number of rotatable bonds is 7. The van der Waals surface area contributed by atoms with Gasteiger partial charge in [0.2, 0.25) is 0 Å². The number of hydrogen-bond donors (Lipinski definition) is 2. The third-order valence-corrected chi connectivity index (χ3v) is 11.1. The molecule has 0 aromatic heterocycles. The molecule has 0 aliphatic carbocycles. The number of benzene rings is 2. The van der Waals surface area contributed by atoms with Gasteiger partial charge in [-0.3, -0.25) is 18.2 Å². The monoisotopic (exact) mass is 478 g/mol. The van der Waals surface area contributed by atoms with Crippen LogP contribution < -0.4 is 10.2 Å². The van der Waals surface area contributed by atoms with Crippen LogP contribution in [0.2, 0.25) is 0 Å². The van der Waals surface area contributed by atoms with Crippen molar-refractivity contribution in [2.24, 2.45) is 0 Å². The molecular weight excluding hydrogens is 446 g/mol. The van der Waals surface area contributed by atoms with E-state index in [1.165, 1.54) is 0 Å². The van der Waals surface area contributed by atoms with Gasteiger partial charge in [0.25, 0.3) is 0 Å². The molecule has 0 saturated carbocycles. The zero-order chi connectivity index (χ0) is 22.9. The molecule has 10 heteroatoms. The van der Waals surface area contributed by atoms with Crippen LogP contribution in [0.15, 0.2) is 60.7 Å². The van der Waals surface area contributed by atoms with E-state index in [0.717, 1.165) is 11.1 Å². The first-order chi connectivity index (χ1) is 15.3. The molecule has 2 heterocycles. The van der Waals surface area contributed by atoms with Crippen LogP contribution in [0.1, 0.15) is 37.2 Å². The Morgan fingerprint density at radius 3 is 1.41 bits per heavy atom. The lowest BCUT2D eigenvalue weighted by Gasteiger charge is -2.23. The van der Waals surface area contributed by atoms with Crippen molar-refractivity contribution in [2.45, 2.75) is 38.1 Å². The predicted molar refractivity (Wildman–Crippen MR) is 126 cm³/mol. The summed E-state index contributed by atoms with van der Waals surface area (Å²) in [6.07, 6.45) is -0.551. The third kappa shape index (κ3) is 4.52. The van der Waals surface area contributed by atoms with E-state index in [0.29, 0.717) is 13.1 Å². The predicted octanol–water partition coefficient (Wildman–Crippen LogP) is 4.57. The summed E-state index contributed by atoms with van der Waals surface area (Å²) in [5, 5.41) is 6.10. The maximum atomic E-state index is 13.4. The minimum absolute atomic E-state index is 0.0428. The first kappa shape index (κ1) is 23.8. The number of likely N-dealkylation sites (N-methyl/N-ethyl adjacent to an activating group) is 2. The molecular formula is C22H32N4O4P2. The molecule has 0 amide bonds. The normalized spacial score (nSPS) is 36.0. The van der Waals surface area contributed by atoms with Gasteiger partial charge in [-0.1, -0.05) is 60.7 Å². The lowest BCUT2D eigenvalue weighted by atomic mass is 10.0. The highest BCUT2D eigenvalue weighted by molar-refractivity contribution is 7.55. The van der Waals surface area contributed by atoms with E-state index in [1.54, 1.807) is 23.4 Å². The molecule has 0 radical (unpaired) electrons. The van der Waals surface area contributed by atoms with Crippen molar-refractivity contribution < 1.29 is 18.2 Å². The number of hydrogen-bond acceptors (Lipinski definition) is 4. The quantitative estimate of drug-likeness (QED) is 0.443. The molecule has 0 unspecified atom stereocenters. The van der Waals surface area contributed by atoms with Crippen LogP contribution in [0.3, 0.4) is 0 Å². The van der Waals surface area contributed by atoms with Crippen LogP contribution in [-0.2, 0) is 18.2 Å². The second-order valence-corrected chi connectivity index (χ2v) is 12.8. The van der Waals surface area contributed by atoms with Gasteiger partial charge in [0.05, 0.1) is 0 Å². The molecule has 6 atom stereocenters. The minimum Gasteiger partial charge on any atom is -0.296 e. The molecule has 32 heavy (non-hydrogen) atoms. The first-order valence-electron chi connectivity index (χ1n) is 10.9. The van der Waals surface area contributed by atoms with E-state index < -0.39 is 15.3 Å². The Bertz CT molecular complexity index is 928. The summed E-state index contributed by atoms with van der Waals surface area (Å²) in [5.74, 6) is 0. The van der Waals surface area contributed by atoms with Crippen LogP contribution in [0.25, 0.3) is 0 Å². The Kier molecular flexibility index (Phi) is 7.06. The maximum Gasteiger partial charge on any atom is 0.344 e. The van der Waals surface area contributed by atoms with Crippen molar-refractivity contribution in [1.82, 2.24) is 19.5 Å². The first-order valence-corrected chi connectivity index (χ1v) is 14.0. The third-order valence-electron chi connectivity index (χ3n) is 6.40. The van der Waals surface area contributed by atoms with E-state index >= 15 is 0 Å². The van der Waals surface area contributed by atoms with Crippen molar-refractivity contribution in [3.63, 3.8) is 0 Å². The fourth-order valence-electron chi connectivity index (χ4n) is 4.16. The fourth-order valence-corrected chi connectivity index (χ4v) is 8.25. The lowest BCUT2D eigenvalue weighted by Crippen LogP contribution is -2.32. The standard InChI is InChI=1S/C22H32N4O4P2/c1-17-21(19-11-7-5-8-12-19)29-31(27,25(17)3)23-15-16-24-32(28)26(4)18(2)22(30-32)20-13-9-6-10-14-20/h5-14,17-18,21-22H,15-16H2,1-4H3,(H,23,27)(H,24,28)/t17-,18-,21-,22-,31-,32-/m0/s1. The van der Waals surface area contributed by atoms with Gasteiger partial charge in [0, 0.05) is 25.2 Å². The SMILES string of the molecule is C[C@H]1[C@@H](c2ccccc2)O[P@@](=O)(NCCN[P@]2(=O)O[C@H](c3ccccc3)[C@H](C)N2C)N1C. The van der Waals surface area contributed by atoms with Crippen molar-refractivity contribution in [3.8, 4) is 0 Å².